The van der Waals surface area contributed by atoms with Crippen molar-refractivity contribution < 1.29 is 14.6 Å². The zero-order chi connectivity index (χ0) is 23.1. The van der Waals surface area contributed by atoms with E-state index in [2.05, 4.69) is 5.32 Å². The summed E-state index contributed by atoms with van der Waals surface area (Å²) in [4.78, 5) is 12.1. The van der Waals surface area contributed by atoms with Gasteiger partial charge in [-0.3, -0.25) is 4.79 Å². The zero-order valence-electron chi connectivity index (χ0n) is 18.2. The predicted octanol–water partition coefficient (Wildman–Crippen LogP) is 6.15. The molecule has 1 amide bonds. The number of rotatable bonds is 9. The van der Waals surface area contributed by atoms with Crippen LogP contribution < -0.4 is 10.1 Å². The third kappa shape index (κ3) is 6.65. The molecule has 0 fully saturated rings. The normalized spacial score (nSPS) is 10.9. The molecule has 0 aliphatic carbocycles. The highest BCUT2D eigenvalue weighted by molar-refractivity contribution is 6.36. The molecule has 0 aliphatic rings. The summed E-state index contributed by atoms with van der Waals surface area (Å²) in [6.45, 7) is 4.49. The van der Waals surface area contributed by atoms with Crippen LogP contribution in [0.25, 0.3) is 0 Å². The smallest absolute Gasteiger partial charge is 0.257 e. The molecule has 3 aromatic carbocycles. The van der Waals surface area contributed by atoms with Gasteiger partial charge in [-0.1, -0.05) is 79.5 Å². The van der Waals surface area contributed by atoms with E-state index in [1.54, 1.807) is 18.2 Å². The van der Waals surface area contributed by atoms with Crippen molar-refractivity contribution in [1.29, 1.82) is 0 Å². The lowest BCUT2D eigenvalue weighted by Gasteiger charge is -2.14. The van der Waals surface area contributed by atoms with Gasteiger partial charge in [0.05, 0.1) is 0 Å². The van der Waals surface area contributed by atoms with E-state index in [-0.39, 0.29) is 24.2 Å². The maximum atomic E-state index is 12.1. The molecular weight excluding hydrogens is 445 g/mol. The van der Waals surface area contributed by atoms with Crippen LogP contribution in [0.2, 0.25) is 10.0 Å². The number of nitrogens with one attached hydrogen (secondary N) is 1. The number of carbonyl (C=O) groups excluding carboxylic acids is 1. The fourth-order valence-corrected chi connectivity index (χ4v) is 4.00. The first kappa shape index (κ1) is 24.0. The third-order valence-electron chi connectivity index (χ3n) is 5.16. The Morgan fingerprint density at radius 3 is 2.34 bits per heavy atom. The average Bonchev–Trinajstić information content (AvgIpc) is 2.76. The fraction of sp³-hybridized carbons (Fsp3) is 0.269. The minimum atomic E-state index is -0.206. The monoisotopic (exact) mass is 471 g/mol. The van der Waals surface area contributed by atoms with Gasteiger partial charge >= 0.3 is 0 Å². The summed E-state index contributed by atoms with van der Waals surface area (Å²) >= 11 is 12.9. The maximum Gasteiger partial charge on any atom is 0.257 e. The van der Waals surface area contributed by atoms with Gasteiger partial charge in [0.15, 0.2) is 6.61 Å². The number of ether oxygens (including phenoxy) is 1. The van der Waals surface area contributed by atoms with E-state index in [4.69, 9.17) is 27.9 Å². The lowest BCUT2D eigenvalue weighted by atomic mass is 9.96. The Balaban J connectivity index is 1.57. The van der Waals surface area contributed by atoms with Crippen LogP contribution in [-0.2, 0) is 17.6 Å². The summed E-state index contributed by atoms with van der Waals surface area (Å²) in [6.07, 6.45) is 1.28. The molecule has 0 heterocycles. The minimum Gasteiger partial charge on any atom is -0.508 e. The molecule has 0 spiro atoms. The molecule has 0 aromatic heterocycles. The standard InChI is InChI=1S/C26H27Cl2NO3/c1-17(2)21-12-19(8-9-25(21)30)13-22-23(27)14-20(15-24(22)28)32-16-26(31)29-11-10-18-6-4-3-5-7-18/h3-9,12,14-15,17,30H,10-11,13,16H2,1-2H3,(H,29,31). The van der Waals surface area contributed by atoms with Crippen molar-refractivity contribution in [2.24, 2.45) is 0 Å². The Kier molecular flexibility index (Phi) is 8.43. The highest BCUT2D eigenvalue weighted by atomic mass is 35.5. The van der Waals surface area contributed by atoms with Crippen molar-refractivity contribution in [1.82, 2.24) is 5.32 Å². The lowest BCUT2D eigenvalue weighted by Crippen LogP contribution is -2.30. The topological polar surface area (TPSA) is 58.6 Å². The summed E-state index contributed by atoms with van der Waals surface area (Å²) in [6, 6.07) is 18.8. The van der Waals surface area contributed by atoms with Crippen LogP contribution in [0.3, 0.4) is 0 Å². The van der Waals surface area contributed by atoms with Gasteiger partial charge in [0.1, 0.15) is 11.5 Å². The molecule has 0 saturated heterocycles. The molecule has 0 radical (unpaired) electrons. The summed E-state index contributed by atoms with van der Waals surface area (Å²) in [5, 5.41) is 13.8. The zero-order valence-corrected chi connectivity index (χ0v) is 19.7. The molecule has 3 rings (SSSR count). The first-order valence-corrected chi connectivity index (χ1v) is 11.3. The van der Waals surface area contributed by atoms with Gasteiger partial charge < -0.3 is 15.2 Å². The largest absolute Gasteiger partial charge is 0.508 e. The second-order valence-electron chi connectivity index (χ2n) is 7.96. The van der Waals surface area contributed by atoms with E-state index >= 15 is 0 Å². The van der Waals surface area contributed by atoms with E-state index < -0.39 is 0 Å². The van der Waals surface area contributed by atoms with Gasteiger partial charge in [0.25, 0.3) is 5.91 Å². The van der Waals surface area contributed by atoms with Crippen LogP contribution in [0.4, 0.5) is 0 Å². The fourth-order valence-electron chi connectivity index (χ4n) is 3.40. The van der Waals surface area contributed by atoms with Gasteiger partial charge in [-0.25, -0.2) is 0 Å². The second kappa shape index (κ2) is 11.3. The Bertz CT molecular complexity index is 1040. The van der Waals surface area contributed by atoms with Crippen LogP contribution in [0, 0.1) is 0 Å². The quantitative estimate of drug-likeness (QED) is 0.393. The number of aromatic hydroxyl groups is 1. The van der Waals surface area contributed by atoms with Crippen molar-refractivity contribution in [2.45, 2.75) is 32.6 Å². The number of halogens is 2. The SMILES string of the molecule is CC(C)c1cc(Cc2c(Cl)cc(OCC(=O)NCCc3ccccc3)cc2Cl)ccc1O. The van der Waals surface area contributed by atoms with Crippen LogP contribution in [-0.4, -0.2) is 24.2 Å². The summed E-state index contributed by atoms with van der Waals surface area (Å²) < 4.78 is 5.59. The van der Waals surface area contributed by atoms with Crippen LogP contribution in [0.15, 0.2) is 60.7 Å². The Labute approximate surface area is 199 Å². The number of carbonyl (C=O) groups is 1. The lowest BCUT2D eigenvalue weighted by molar-refractivity contribution is -0.123. The molecule has 6 heteroatoms. The van der Waals surface area contributed by atoms with E-state index in [0.717, 1.165) is 28.7 Å². The molecular formula is C26H27Cl2NO3. The van der Waals surface area contributed by atoms with Crippen LogP contribution in [0.1, 0.15) is 42.0 Å². The molecule has 0 bridgehead atoms. The molecule has 0 saturated carbocycles. The van der Waals surface area contributed by atoms with Crippen LogP contribution >= 0.6 is 23.2 Å². The number of benzene rings is 3. The third-order valence-corrected chi connectivity index (χ3v) is 5.83. The molecule has 2 N–H and O–H groups in total. The maximum absolute atomic E-state index is 12.1. The van der Waals surface area contributed by atoms with Gasteiger partial charge in [-0.05, 0) is 52.8 Å². The Morgan fingerprint density at radius 2 is 1.69 bits per heavy atom. The Morgan fingerprint density at radius 1 is 1.00 bits per heavy atom. The average molecular weight is 472 g/mol. The molecule has 4 nitrogen and oxygen atoms in total. The first-order valence-electron chi connectivity index (χ1n) is 10.6. The van der Waals surface area contributed by atoms with Gasteiger partial charge in [0, 0.05) is 23.0 Å². The predicted molar refractivity (Wildman–Crippen MR) is 130 cm³/mol. The minimum absolute atomic E-state index is 0.115. The van der Waals surface area contributed by atoms with Gasteiger partial charge in [-0.2, -0.15) is 0 Å². The van der Waals surface area contributed by atoms with Crippen molar-refractivity contribution in [2.75, 3.05) is 13.2 Å². The van der Waals surface area contributed by atoms with Crippen molar-refractivity contribution >= 4 is 29.1 Å². The number of amides is 1. The van der Waals surface area contributed by atoms with Crippen molar-refractivity contribution in [3.05, 3.63) is 93.0 Å². The van der Waals surface area contributed by atoms with Crippen molar-refractivity contribution in [3.63, 3.8) is 0 Å². The van der Waals surface area contributed by atoms with E-state index in [0.29, 0.717) is 28.8 Å². The number of hydrogen-bond acceptors (Lipinski definition) is 3. The van der Waals surface area contributed by atoms with Crippen molar-refractivity contribution in [3.8, 4) is 11.5 Å². The molecule has 32 heavy (non-hydrogen) atoms. The number of phenols is 1. The Hall–Kier alpha value is -2.69. The summed E-state index contributed by atoms with van der Waals surface area (Å²) in [5.74, 6) is 0.723. The molecule has 0 atom stereocenters. The number of phenolic OH excluding ortho intramolecular Hbond substituents is 1. The van der Waals surface area contributed by atoms with E-state index in [1.807, 2.05) is 56.3 Å². The number of hydrogen-bond donors (Lipinski definition) is 2. The highest BCUT2D eigenvalue weighted by Gasteiger charge is 2.13. The second-order valence-corrected chi connectivity index (χ2v) is 8.78. The van der Waals surface area contributed by atoms with E-state index in [1.165, 1.54) is 0 Å². The van der Waals surface area contributed by atoms with Gasteiger partial charge in [-0.15, -0.1) is 0 Å². The summed E-state index contributed by atoms with van der Waals surface area (Å²) in [7, 11) is 0. The van der Waals surface area contributed by atoms with Crippen LogP contribution in [0.5, 0.6) is 11.5 Å². The molecule has 3 aromatic rings. The molecule has 0 unspecified atom stereocenters. The molecule has 0 aliphatic heterocycles. The first-order chi connectivity index (χ1) is 15.3. The van der Waals surface area contributed by atoms with Gasteiger partial charge in [0.2, 0.25) is 0 Å². The van der Waals surface area contributed by atoms with E-state index in [9.17, 15) is 9.90 Å². The summed E-state index contributed by atoms with van der Waals surface area (Å²) in [5.41, 5.74) is 3.82. The highest BCUT2D eigenvalue weighted by Crippen LogP contribution is 2.33. The molecule has 168 valence electrons.